The maximum absolute atomic E-state index is 4.87. The number of aromatic nitrogens is 2. The molecule has 2 fully saturated rings. The zero-order valence-corrected chi connectivity index (χ0v) is 11.8. The van der Waals surface area contributed by atoms with E-state index in [0.29, 0.717) is 16.9 Å². The number of hydrogen-bond donors (Lipinski definition) is 0. The van der Waals surface area contributed by atoms with E-state index in [1.165, 1.54) is 19.3 Å². The van der Waals surface area contributed by atoms with Crippen LogP contribution < -0.4 is 0 Å². The Balaban J connectivity index is 1.84. The Morgan fingerprint density at radius 3 is 2.72 bits per heavy atom. The summed E-state index contributed by atoms with van der Waals surface area (Å²) < 4.78 is 2.02. The quantitative estimate of drug-likeness (QED) is 0.737. The van der Waals surface area contributed by atoms with Crippen molar-refractivity contribution in [3.05, 3.63) is 18.2 Å². The highest BCUT2D eigenvalue weighted by atomic mass is 15.0. The first-order chi connectivity index (χ1) is 8.45. The lowest BCUT2D eigenvalue weighted by molar-refractivity contribution is 0.137. The Kier molecular flexibility index (Phi) is 2.45. The largest absolute Gasteiger partial charge is 0.333 e. The number of hydrogen-bond acceptors (Lipinski definition) is 2. The Morgan fingerprint density at radius 2 is 2.22 bits per heavy atom. The van der Waals surface area contributed by atoms with Crippen molar-refractivity contribution in [1.82, 2.24) is 9.55 Å². The van der Waals surface area contributed by atoms with Crippen molar-refractivity contribution in [3.8, 4) is 0 Å². The lowest BCUT2D eigenvalue weighted by Crippen LogP contribution is -2.34. The fourth-order valence-corrected chi connectivity index (χ4v) is 4.05. The summed E-state index contributed by atoms with van der Waals surface area (Å²) in [7, 11) is 2.01. The van der Waals surface area contributed by atoms with Crippen molar-refractivity contribution in [2.75, 3.05) is 0 Å². The van der Waals surface area contributed by atoms with Gasteiger partial charge in [-0.2, -0.15) is 0 Å². The van der Waals surface area contributed by atoms with Crippen LogP contribution in [0, 0.1) is 16.7 Å². The zero-order valence-electron chi connectivity index (χ0n) is 11.8. The number of fused-ring (bicyclic) bond motifs is 2. The van der Waals surface area contributed by atoms with Gasteiger partial charge in [0.2, 0.25) is 0 Å². The molecule has 0 spiro atoms. The van der Waals surface area contributed by atoms with Gasteiger partial charge in [-0.05, 0) is 36.0 Å². The molecule has 0 aromatic carbocycles. The second-order valence-electron chi connectivity index (χ2n) is 6.80. The third-order valence-corrected chi connectivity index (χ3v) is 5.98. The molecule has 2 aliphatic carbocycles. The van der Waals surface area contributed by atoms with E-state index in [4.69, 9.17) is 4.99 Å². The molecule has 0 saturated heterocycles. The van der Waals surface area contributed by atoms with E-state index in [1.54, 1.807) is 0 Å². The monoisotopic (exact) mass is 245 g/mol. The maximum Gasteiger partial charge on any atom is 0.150 e. The molecular weight excluding hydrogens is 222 g/mol. The van der Waals surface area contributed by atoms with Crippen LogP contribution >= 0.6 is 0 Å². The number of rotatable bonds is 2. The summed E-state index contributed by atoms with van der Waals surface area (Å²) in [6.45, 7) is 7.29. The van der Waals surface area contributed by atoms with Gasteiger partial charge in [0, 0.05) is 19.4 Å². The van der Waals surface area contributed by atoms with Crippen molar-refractivity contribution in [1.29, 1.82) is 0 Å². The first-order valence-electron chi connectivity index (χ1n) is 6.95. The summed E-state index contributed by atoms with van der Waals surface area (Å²) in [6, 6.07) is 0.475. The van der Waals surface area contributed by atoms with Crippen molar-refractivity contribution < 1.29 is 0 Å². The molecule has 0 N–H and O–H groups in total. The van der Waals surface area contributed by atoms with E-state index >= 15 is 0 Å². The van der Waals surface area contributed by atoms with Gasteiger partial charge >= 0.3 is 0 Å². The molecule has 2 saturated carbocycles. The minimum absolute atomic E-state index is 0.374. The molecule has 0 amide bonds. The molecule has 3 nitrogen and oxygen atoms in total. The second kappa shape index (κ2) is 3.69. The van der Waals surface area contributed by atoms with Crippen LogP contribution in [0.2, 0.25) is 0 Å². The van der Waals surface area contributed by atoms with Crippen molar-refractivity contribution in [2.24, 2.45) is 28.8 Å². The van der Waals surface area contributed by atoms with E-state index in [1.807, 2.05) is 30.2 Å². The maximum atomic E-state index is 4.87. The summed E-state index contributed by atoms with van der Waals surface area (Å²) in [5, 5.41) is 0. The van der Waals surface area contributed by atoms with Gasteiger partial charge in [-0.1, -0.05) is 20.8 Å². The van der Waals surface area contributed by atoms with Crippen LogP contribution in [0.1, 0.15) is 45.9 Å². The highest BCUT2D eigenvalue weighted by Gasteiger charge is 2.61. The van der Waals surface area contributed by atoms with E-state index < -0.39 is 0 Å². The normalized spacial score (nSPS) is 37.8. The van der Waals surface area contributed by atoms with E-state index in [9.17, 15) is 0 Å². The van der Waals surface area contributed by atoms with Gasteiger partial charge in [-0.25, -0.2) is 4.98 Å². The Bertz CT molecular complexity index is 486. The predicted octanol–water partition coefficient (Wildman–Crippen LogP) is 3.05. The zero-order chi connectivity index (χ0) is 13.0. The molecule has 0 unspecified atom stereocenters. The molecule has 1 aromatic heterocycles. The Morgan fingerprint density at radius 1 is 1.44 bits per heavy atom. The first kappa shape index (κ1) is 11.9. The average Bonchev–Trinajstić information content (AvgIpc) is 2.87. The predicted molar refractivity (Wildman–Crippen MR) is 73.8 cm³/mol. The molecule has 98 valence electrons. The summed E-state index contributed by atoms with van der Waals surface area (Å²) in [6.07, 6.45) is 9.73. The highest BCUT2D eigenvalue weighted by Crippen LogP contribution is 2.66. The van der Waals surface area contributed by atoms with Gasteiger partial charge in [0.15, 0.2) is 0 Å². The molecule has 0 aliphatic heterocycles. The smallest absolute Gasteiger partial charge is 0.150 e. The molecule has 3 heteroatoms. The number of aliphatic imine (C=N–C) groups is 1. The fourth-order valence-electron chi connectivity index (χ4n) is 4.05. The summed E-state index contributed by atoms with van der Waals surface area (Å²) >= 11 is 0. The summed E-state index contributed by atoms with van der Waals surface area (Å²) in [5.74, 6) is 1.81. The standard InChI is InChI=1S/C15H23N3/c1-14(2)11-5-6-15(14,3)12(9-11)17-10-13-16-7-8-18(13)4/h7-8,10-12H,5-6,9H2,1-4H3/t11-,12-,15+/m1/s1. The SMILES string of the molecule is Cn1ccnc1C=N[C@@H]1C[C@H]2CC[C@]1(C)C2(C)C. The summed E-state index contributed by atoms with van der Waals surface area (Å²) in [5.41, 5.74) is 0.815. The number of aryl methyl sites for hydroxylation is 1. The molecule has 18 heavy (non-hydrogen) atoms. The summed E-state index contributed by atoms with van der Waals surface area (Å²) in [4.78, 5) is 9.18. The van der Waals surface area contributed by atoms with Gasteiger partial charge in [-0.3, -0.25) is 4.99 Å². The highest BCUT2D eigenvalue weighted by molar-refractivity contribution is 5.75. The van der Waals surface area contributed by atoms with Gasteiger partial charge in [0.25, 0.3) is 0 Å². The number of imidazole rings is 1. The van der Waals surface area contributed by atoms with Crippen LogP contribution in [0.15, 0.2) is 17.4 Å². The molecule has 0 radical (unpaired) electrons. The lowest BCUT2D eigenvalue weighted by atomic mass is 9.69. The average molecular weight is 245 g/mol. The van der Waals surface area contributed by atoms with Crippen LogP contribution in [0.25, 0.3) is 0 Å². The Labute approximate surface area is 109 Å². The van der Waals surface area contributed by atoms with Gasteiger partial charge in [0.1, 0.15) is 5.82 Å². The van der Waals surface area contributed by atoms with E-state index in [0.717, 1.165) is 11.7 Å². The molecule has 1 aromatic rings. The van der Waals surface area contributed by atoms with Crippen LogP contribution in [0.3, 0.4) is 0 Å². The number of nitrogens with zero attached hydrogens (tertiary/aromatic N) is 3. The van der Waals surface area contributed by atoms with Crippen molar-refractivity contribution in [2.45, 2.75) is 46.1 Å². The van der Waals surface area contributed by atoms with Gasteiger partial charge < -0.3 is 4.57 Å². The lowest BCUT2D eigenvalue weighted by Gasteiger charge is -2.37. The fraction of sp³-hybridized carbons (Fsp3) is 0.733. The topological polar surface area (TPSA) is 30.2 Å². The van der Waals surface area contributed by atoms with Gasteiger partial charge in [0.05, 0.1) is 12.3 Å². The van der Waals surface area contributed by atoms with Crippen LogP contribution in [0.4, 0.5) is 0 Å². The molecule has 1 heterocycles. The first-order valence-corrected chi connectivity index (χ1v) is 6.95. The molecule has 2 aliphatic rings. The van der Waals surface area contributed by atoms with E-state index in [2.05, 4.69) is 25.8 Å². The van der Waals surface area contributed by atoms with Crippen molar-refractivity contribution in [3.63, 3.8) is 0 Å². The van der Waals surface area contributed by atoms with Gasteiger partial charge in [-0.15, -0.1) is 0 Å². The second-order valence-corrected chi connectivity index (χ2v) is 6.80. The molecule has 2 bridgehead atoms. The third-order valence-electron chi connectivity index (χ3n) is 5.98. The minimum Gasteiger partial charge on any atom is -0.333 e. The van der Waals surface area contributed by atoms with Crippen molar-refractivity contribution >= 4 is 6.21 Å². The van der Waals surface area contributed by atoms with Crippen LogP contribution in [-0.4, -0.2) is 21.8 Å². The third kappa shape index (κ3) is 1.42. The molecular formula is C15H23N3. The molecule has 3 atom stereocenters. The Hall–Kier alpha value is -1.12. The molecule has 3 rings (SSSR count). The van der Waals surface area contributed by atoms with E-state index in [-0.39, 0.29) is 0 Å². The van der Waals surface area contributed by atoms with Crippen LogP contribution in [-0.2, 0) is 7.05 Å². The van der Waals surface area contributed by atoms with Crippen LogP contribution in [0.5, 0.6) is 0 Å². The minimum atomic E-state index is 0.374.